The van der Waals surface area contributed by atoms with Gasteiger partial charge < -0.3 is 0 Å². The molecule has 0 radical (unpaired) electrons. The van der Waals surface area contributed by atoms with Gasteiger partial charge in [-0.15, -0.1) is 10.2 Å². The molecule has 0 atom stereocenters. The van der Waals surface area contributed by atoms with Crippen molar-refractivity contribution in [1.29, 1.82) is 0 Å². The van der Waals surface area contributed by atoms with E-state index in [1.54, 1.807) is 0 Å². The van der Waals surface area contributed by atoms with Gasteiger partial charge in [-0.05, 0) is 18.2 Å². The first kappa shape index (κ1) is 13.2. The zero-order valence-corrected chi connectivity index (χ0v) is 13.1. The summed E-state index contributed by atoms with van der Waals surface area (Å²) >= 11 is 3.50. The fourth-order valence-corrected chi connectivity index (χ4v) is 2.83. The average Bonchev–Trinajstić information content (AvgIpc) is 2.99. The van der Waals surface area contributed by atoms with E-state index >= 15 is 0 Å². The Hall–Kier alpha value is -2.53. The van der Waals surface area contributed by atoms with Crippen LogP contribution in [0.5, 0.6) is 0 Å². The lowest BCUT2D eigenvalue weighted by Crippen LogP contribution is -1.88. The monoisotopic (exact) mass is 350 g/mol. The van der Waals surface area contributed by atoms with E-state index in [2.05, 4.69) is 42.4 Å². The number of rotatable bonds is 2. The van der Waals surface area contributed by atoms with Crippen molar-refractivity contribution < 1.29 is 0 Å². The first-order valence-corrected chi connectivity index (χ1v) is 7.64. The highest BCUT2D eigenvalue weighted by atomic mass is 79.9. The summed E-state index contributed by atoms with van der Waals surface area (Å²) < 4.78 is 1.03. The Labute approximate surface area is 135 Å². The molecule has 4 rings (SSSR count). The average molecular weight is 351 g/mol. The Kier molecular flexibility index (Phi) is 3.20. The maximum atomic E-state index is 4.26. The molecule has 0 saturated heterocycles. The van der Waals surface area contributed by atoms with Crippen LogP contribution in [0.3, 0.4) is 0 Å². The lowest BCUT2D eigenvalue weighted by molar-refractivity contribution is 1.03. The summed E-state index contributed by atoms with van der Waals surface area (Å²) in [5.41, 5.74) is 4.51. The molecule has 106 valence electrons. The zero-order valence-electron chi connectivity index (χ0n) is 11.5. The van der Waals surface area contributed by atoms with Crippen molar-refractivity contribution >= 4 is 27.0 Å². The number of benzene rings is 2. The van der Waals surface area contributed by atoms with E-state index in [9.17, 15) is 0 Å². The normalized spacial score (nSPS) is 11.0. The molecule has 0 amide bonds. The van der Waals surface area contributed by atoms with Crippen molar-refractivity contribution in [2.75, 3.05) is 0 Å². The molecule has 0 unspecified atom stereocenters. The van der Waals surface area contributed by atoms with Crippen LogP contribution in [0.15, 0.2) is 65.1 Å². The number of nitrogens with one attached hydrogen (secondary N) is 1. The molecule has 0 spiro atoms. The van der Waals surface area contributed by atoms with Gasteiger partial charge in [-0.1, -0.05) is 58.4 Å². The third kappa shape index (κ3) is 2.29. The van der Waals surface area contributed by atoms with Crippen molar-refractivity contribution in [3.63, 3.8) is 0 Å². The van der Waals surface area contributed by atoms with Crippen LogP contribution in [0.1, 0.15) is 0 Å². The van der Waals surface area contributed by atoms with Gasteiger partial charge >= 0.3 is 0 Å². The van der Waals surface area contributed by atoms with Crippen LogP contribution in [-0.4, -0.2) is 20.4 Å². The van der Waals surface area contributed by atoms with E-state index in [0.717, 1.165) is 32.4 Å². The molecular weight excluding hydrogens is 340 g/mol. The smallest absolute Gasteiger partial charge is 0.203 e. The number of hydrogen-bond acceptors (Lipinski definition) is 3. The molecule has 0 aliphatic rings. The summed E-state index contributed by atoms with van der Waals surface area (Å²) in [6.07, 6.45) is 0. The quantitative estimate of drug-likeness (QED) is 0.581. The van der Waals surface area contributed by atoms with Crippen molar-refractivity contribution in [1.82, 2.24) is 20.4 Å². The lowest BCUT2D eigenvalue weighted by atomic mass is 10.1. The molecule has 2 aromatic carbocycles. The van der Waals surface area contributed by atoms with Crippen LogP contribution < -0.4 is 0 Å². The molecule has 0 fully saturated rings. The second-order valence-electron chi connectivity index (χ2n) is 4.94. The second-order valence-corrected chi connectivity index (χ2v) is 5.86. The van der Waals surface area contributed by atoms with Gasteiger partial charge in [0.25, 0.3) is 0 Å². The fourth-order valence-electron chi connectivity index (χ4n) is 2.43. The summed E-state index contributed by atoms with van der Waals surface area (Å²) in [7, 11) is 0. The molecular formula is C17H11BrN4. The highest BCUT2D eigenvalue weighted by molar-refractivity contribution is 9.10. The Morgan fingerprint density at radius 2 is 1.64 bits per heavy atom. The van der Waals surface area contributed by atoms with E-state index in [0.29, 0.717) is 5.65 Å². The largest absolute Gasteiger partial charge is 0.275 e. The van der Waals surface area contributed by atoms with Gasteiger partial charge in [0, 0.05) is 15.6 Å². The molecule has 2 heterocycles. The zero-order chi connectivity index (χ0) is 14.9. The predicted octanol–water partition coefficient (Wildman–Crippen LogP) is 4.45. The molecule has 5 heteroatoms. The lowest BCUT2D eigenvalue weighted by Gasteiger charge is -2.02. The van der Waals surface area contributed by atoms with Crippen LogP contribution in [0.2, 0.25) is 0 Å². The Bertz CT molecular complexity index is 947. The molecule has 0 bridgehead atoms. The standard InChI is InChI=1S/C17H11BrN4/c18-13-8-4-7-12(9-13)16-14-10-15(11-5-2-1-3-6-11)19-21-17(14)22-20-16/h1-10H,(H,20,21,22). The van der Waals surface area contributed by atoms with Gasteiger partial charge in [-0.3, -0.25) is 5.10 Å². The van der Waals surface area contributed by atoms with Gasteiger partial charge in [-0.25, -0.2) is 0 Å². The second kappa shape index (κ2) is 5.35. The number of halogens is 1. The molecule has 1 N–H and O–H groups in total. The summed E-state index contributed by atoms with van der Waals surface area (Å²) in [4.78, 5) is 0. The van der Waals surface area contributed by atoms with E-state index in [1.807, 2.05) is 54.6 Å². The van der Waals surface area contributed by atoms with Gasteiger partial charge in [0.2, 0.25) is 5.65 Å². The maximum Gasteiger partial charge on any atom is 0.203 e. The molecule has 0 saturated carbocycles. The Morgan fingerprint density at radius 1 is 0.818 bits per heavy atom. The van der Waals surface area contributed by atoms with E-state index in [4.69, 9.17) is 0 Å². The number of nitrogens with zero attached hydrogens (tertiary/aromatic N) is 3. The van der Waals surface area contributed by atoms with Crippen molar-refractivity contribution in [2.24, 2.45) is 0 Å². The number of H-pyrrole nitrogens is 1. The highest BCUT2D eigenvalue weighted by Crippen LogP contribution is 2.29. The minimum atomic E-state index is 0.620. The van der Waals surface area contributed by atoms with Gasteiger partial charge in [0.15, 0.2) is 0 Å². The predicted molar refractivity (Wildman–Crippen MR) is 90.3 cm³/mol. The van der Waals surface area contributed by atoms with Crippen LogP contribution in [0.4, 0.5) is 0 Å². The van der Waals surface area contributed by atoms with E-state index in [-0.39, 0.29) is 0 Å². The van der Waals surface area contributed by atoms with Gasteiger partial charge in [-0.2, -0.15) is 5.10 Å². The SMILES string of the molecule is Brc1cccc(-c2[nH]nc3nnc(-c4ccccc4)cc23)c1. The summed E-state index contributed by atoms with van der Waals surface area (Å²) in [5, 5.41) is 16.8. The highest BCUT2D eigenvalue weighted by Gasteiger charge is 2.11. The van der Waals surface area contributed by atoms with Crippen LogP contribution in [0, 0.1) is 0 Å². The molecule has 0 aliphatic carbocycles. The first-order valence-electron chi connectivity index (χ1n) is 6.84. The van der Waals surface area contributed by atoms with Crippen molar-refractivity contribution in [2.45, 2.75) is 0 Å². The van der Waals surface area contributed by atoms with Crippen LogP contribution in [-0.2, 0) is 0 Å². The minimum absolute atomic E-state index is 0.620. The number of fused-ring (bicyclic) bond motifs is 1. The van der Waals surface area contributed by atoms with Crippen LogP contribution >= 0.6 is 15.9 Å². The topological polar surface area (TPSA) is 54.5 Å². The summed E-state index contributed by atoms with van der Waals surface area (Å²) in [6.45, 7) is 0. The van der Waals surface area contributed by atoms with Crippen LogP contribution in [0.25, 0.3) is 33.5 Å². The molecule has 0 aliphatic heterocycles. The third-order valence-electron chi connectivity index (χ3n) is 3.50. The molecule has 22 heavy (non-hydrogen) atoms. The van der Waals surface area contributed by atoms with Gasteiger partial charge in [0.05, 0.1) is 16.8 Å². The Balaban J connectivity index is 1.91. The maximum absolute atomic E-state index is 4.26. The number of aromatic amines is 1. The van der Waals surface area contributed by atoms with Gasteiger partial charge in [0.1, 0.15) is 0 Å². The minimum Gasteiger partial charge on any atom is -0.275 e. The first-order chi connectivity index (χ1) is 10.8. The Morgan fingerprint density at radius 3 is 2.45 bits per heavy atom. The van der Waals surface area contributed by atoms with E-state index in [1.165, 1.54) is 0 Å². The van der Waals surface area contributed by atoms with Crippen molar-refractivity contribution in [3.8, 4) is 22.5 Å². The third-order valence-corrected chi connectivity index (χ3v) is 3.99. The molecule has 4 aromatic rings. The molecule has 4 nitrogen and oxygen atoms in total. The number of hydrogen-bond donors (Lipinski definition) is 1. The molecule has 2 aromatic heterocycles. The van der Waals surface area contributed by atoms with Crippen molar-refractivity contribution in [3.05, 3.63) is 65.1 Å². The fraction of sp³-hybridized carbons (Fsp3) is 0. The number of aromatic nitrogens is 4. The van der Waals surface area contributed by atoms with E-state index < -0.39 is 0 Å². The summed E-state index contributed by atoms with van der Waals surface area (Å²) in [6, 6.07) is 20.1. The summed E-state index contributed by atoms with van der Waals surface area (Å²) in [5.74, 6) is 0.